The molecule has 0 bridgehead atoms. The number of nitrogen functional groups attached to an aromatic ring is 1. The molecule has 3 N–H and O–H groups in total. The van der Waals surface area contributed by atoms with Crippen LogP contribution in [0.15, 0.2) is 39.7 Å². The third-order valence-electron chi connectivity index (χ3n) is 2.53. The van der Waals surface area contributed by atoms with Crippen LogP contribution >= 0.6 is 50.7 Å². The molecule has 0 aliphatic rings. The van der Waals surface area contributed by atoms with Crippen LogP contribution < -0.4 is 10.5 Å². The first-order valence-electron chi connectivity index (χ1n) is 5.43. The monoisotopic (exact) mass is 428 g/mol. The lowest BCUT2D eigenvalue weighted by molar-refractivity contribution is 0.601. The molecular weight excluding hydrogens is 422 g/mol. The van der Waals surface area contributed by atoms with Gasteiger partial charge in [0.1, 0.15) is 0 Å². The number of nitrogens with two attached hydrogens (primary N) is 1. The van der Waals surface area contributed by atoms with E-state index < -0.39 is 10.0 Å². The minimum absolute atomic E-state index is 0.0447. The van der Waals surface area contributed by atoms with E-state index in [0.717, 1.165) is 0 Å². The van der Waals surface area contributed by atoms with E-state index in [9.17, 15) is 8.42 Å². The summed E-state index contributed by atoms with van der Waals surface area (Å²) in [6, 6.07) is 7.05. The quantitative estimate of drug-likeness (QED) is 0.688. The zero-order chi connectivity index (χ0) is 15.8. The summed E-state index contributed by atoms with van der Waals surface area (Å²) < 4.78 is 27.6. The van der Waals surface area contributed by atoms with Crippen molar-refractivity contribution in [1.29, 1.82) is 0 Å². The molecule has 0 atom stereocenters. The lowest BCUT2D eigenvalue weighted by atomic mass is 10.3. The van der Waals surface area contributed by atoms with E-state index in [2.05, 4.69) is 20.7 Å². The van der Waals surface area contributed by atoms with Gasteiger partial charge in [0, 0.05) is 4.47 Å². The standard InChI is InChI=1S/C12H8BrCl3N2O2S/c13-6-3-9(15)12(10(16)4-6)18-21(19,20)7-1-2-11(17)8(14)5-7/h1-5,18H,17H2. The van der Waals surface area contributed by atoms with Gasteiger partial charge in [-0.05, 0) is 30.3 Å². The van der Waals surface area contributed by atoms with Crippen molar-refractivity contribution in [3.63, 3.8) is 0 Å². The minimum Gasteiger partial charge on any atom is -0.398 e. The van der Waals surface area contributed by atoms with Crippen molar-refractivity contribution in [3.05, 3.63) is 49.9 Å². The van der Waals surface area contributed by atoms with Crippen molar-refractivity contribution in [2.24, 2.45) is 0 Å². The molecule has 112 valence electrons. The van der Waals surface area contributed by atoms with Crippen LogP contribution in [0.2, 0.25) is 15.1 Å². The molecule has 0 unspecified atom stereocenters. The number of sulfonamides is 1. The molecular formula is C12H8BrCl3N2O2S. The smallest absolute Gasteiger partial charge is 0.262 e. The summed E-state index contributed by atoms with van der Waals surface area (Å²) >= 11 is 21.0. The van der Waals surface area contributed by atoms with Crippen LogP contribution in [0.3, 0.4) is 0 Å². The highest BCUT2D eigenvalue weighted by molar-refractivity contribution is 9.10. The van der Waals surface area contributed by atoms with Crippen LogP contribution in [0.5, 0.6) is 0 Å². The average Bonchev–Trinajstić information content (AvgIpc) is 2.37. The summed E-state index contributed by atoms with van der Waals surface area (Å²) in [5, 5.41) is 0.477. The van der Waals surface area contributed by atoms with Crippen molar-refractivity contribution in [3.8, 4) is 0 Å². The predicted molar refractivity (Wildman–Crippen MR) is 90.8 cm³/mol. The third kappa shape index (κ3) is 3.76. The van der Waals surface area contributed by atoms with E-state index in [1.54, 1.807) is 0 Å². The summed E-state index contributed by atoms with van der Waals surface area (Å²) in [4.78, 5) is -0.0447. The molecule has 0 aromatic heterocycles. The van der Waals surface area contributed by atoms with Crippen molar-refractivity contribution in [2.75, 3.05) is 10.5 Å². The van der Waals surface area contributed by atoms with Gasteiger partial charge in [-0.1, -0.05) is 50.7 Å². The Bertz CT molecular complexity index is 789. The third-order valence-corrected chi connectivity index (χ3v) is 5.25. The summed E-state index contributed by atoms with van der Waals surface area (Å²) in [6.45, 7) is 0. The Morgan fingerprint density at radius 1 is 1.00 bits per heavy atom. The first-order chi connectivity index (χ1) is 9.70. The van der Waals surface area contributed by atoms with Gasteiger partial charge in [-0.15, -0.1) is 0 Å². The van der Waals surface area contributed by atoms with Gasteiger partial charge in [0.15, 0.2) is 0 Å². The second-order valence-electron chi connectivity index (χ2n) is 4.03. The van der Waals surface area contributed by atoms with Crippen LogP contribution in [-0.4, -0.2) is 8.42 Å². The molecule has 0 heterocycles. The predicted octanol–water partition coefficient (Wildman–Crippen LogP) is 4.79. The lowest BCUT2D eigenvalue weighted by Crippen LogP contribution is -2.13. The van der Waals surface area contributed by atoms with Crippen LogP contribution in [-0.2, 0) is 10.0 Å². The normalized spacial score (nSPS) is 11.4. The fourth-order valence-electron chi connectivity index (χ4n) is 1.51. The van der Waals surface area contributed by atoms with Gasteiger partial charge >= 0.3 is 0 Å². The van der Waals surface area contributed by atoms with E-state index in [0.29, 0.717) is 4.47 Å². The highest BCUT2D eigenvalue weighted by Gasteiger charge is 2.19. The Hall–Kier alpha value is -0.660. The van der Waals surface area contributed by atoms with Crippen LogP contribution in [0.1, 0.15) is 0 Å². The molecule has 0 amide bonds. The highest BCUT2D eigenvalue weighted by atomic mass is 79.9. The number of benzene rings is 2. The molecule has 4 nitrogen and oxygen atoms in total. The Labute approximate surface area is 145 Å². The van der Waals surface area contributed by atoms with Gasteiger partial charge in [-0.3, -0.25) is 4.72 Å². The summed E-state index contributed by atoms with van der Waals surface area (Å²) in [7, 11) is -3.88. The second-order valence-corrected chi connectivity index (χ2v) is 7.85. The number of anilines is 2. The molecule has 2 aromatic rings. The molecule has 0 aliphatic carbocycles. The van der Waals surface area contributed by atoms with Gasteiger partial charge in [0.25, 0.3) is 10.0 Å². The van der Waals surface area contributed by atoms with Crippen molar-refractivity contribution < 1.29 is 8.42 Å². The van der Waals surface area contributed by atoms with Crippen LogP contribution in [0.25, 0.3) is 0 Å². The number of hydrogen-bond acceptors (Lipinski definition) is 3. The molecule has 2 aromatic carbocycles. The topological polar surface area (TPSA) is 72.2 Å². The van der Waals surface area contributed by atoms with Gasteiger partial charge in [-0.2, -0.15) is 0 Å². The van der Waals surface area contributed by atoms with Gasteiger partial charge in [-0.25, -0.2) is 8.42 Å². The number of halogens is 4. The maximum absolute atomic E-state index is 12.3. The SMILES string of the molecule is Nc1ccc(S(=O)(=O)Nc2c(Cl)cc(Br)cc2Cl)cc1Cl. The van der Waals surface area contributed by atoms with E-state index in [1.165, 1.54) is 30.3 Å². The van der Waals surface area contributed by atoms with Gasteiger partial charge < -0.3 is 5.73 Å². The number of rotatable bonds is 3. The lowest BCUT2D eigenvalue weighted by Gasteiger charge is -2.12. The van der Waals surface area contributed by atoms with E-state index in [1.807, 2.05) is 0 Å². The Kier molecular flexibility index (Phi) is 4.95. The average molecular weight is 431 g/mol. The number of nitrogens with one attached hydrogen (secondary N) is 1. The second kappa shape index (κ2) is 6.22. The van der Waals surface area contributed by atoms with E-state index >= 15 is 0 Å². The van der Waals surface area contributed by atoms with Crippen molar-refractivity contribution >= 4 is 72.1 Å². The molecule has 2 rings (SSSR count). The fourth-order valence-corrected chi connectivity index (χ4v) is 4.29. The summed E-state index contributed by atoms with van der Waals surface area (Å²) in [5.41, 5.74) is 5.93. The van der Waals surface area contributed by atoms with Gasteiger partial charge in [0.2, 0.25) is 0 Å². The summed E-state index contributed by atoms with van der Waals surface area (Å²) in [6.07, 6.45) is 0. The Balaban J connectivity index is 2.44. The molecule has 9 heteroatoms. The Morgan fingerprint density at radius 2 is 1.57 bits per heavy atom. The molecule has 0 spiro atoms. The molecule has 0 aliphatic heterocycles. The molecule has 0 saturated carbocycles. The maximum atomic E-state index is 12.3. The van der Waals surface area contributed by atoms with Crippen molar-refractivity contribution in [1.82, 2.24) is 0 Å². The minimum atomic E-state index is -3.88. The number of hydrogen-bond donors (Lipinski definition) is 2. The molecule has 21 heavy (non-hydrogen) atoms. The van der Waals surface area contributed by atoms with E-state index in [-0.39, 0.29) is 31.3 Å². The largest absolute Gasteiger partial charge is 0.398 e. The Morgan fingerprint density at radius 3 is 2.10 bits per heavy atom. The molecule has 0 radical (unpaired) electrons. The first kappa shape index (κ1) is 16.7. The summed E-state index contributed by atoms with van der Waals surface area (Å²) in [5.74, 6) is 0. The first-order valence-corrected chi connectivity index (χ1v) is 8.84. The molecule has 0 saturated heterocycles. The van der Waals surface area contributed by atoms with Gasteiger partial charge in [0.05, 0.1) is 31.3 Å². The molecule has 0 fully saturated rings. The maximum Gasteiger partial charge on any atom is 0.262 e. The fraction of sp³-hybridized carbons (Fsp3) is 0. The zero-order valence-corrected chi connectivity index (χ0v) is 14.9. The van der Waals surface area contributed by atoms with E-state index in [4.69, 9.17) is 40.5 Å². The van der Waals surface area contributed by atoms with Crippen molar-refractivity contribution in [2.45, 2.75) is 4.90 Å². The van der Waals surface area contributed by atoms with Crippen LogP contribution in [0, 0.1) is 0 Å². The van der Waals surface area contributed by atoms with Crippen LogP contribution in [0.4, 0.5) is 11.4 Å². The zero-order valence-electron chi connectivity index (χ0n) is 10.2. The highest BCUT2D eigenvalue weighted by Crippen LogP contribution is 2.35.